The van der Waals surface area contributed by atoms with Crippen LogP contribution in [0.3, 0.4) is 0 Å². The van der Waals surface area contributed by atoms with Crippen LogP contribution in [-0.4, -0.2) is 17.1 Å². The van der Waals surface area contributed by atoms with Crippen LogP contribution in [0.4, 0.5) is 18.9 Å². The lowest BCUT2D eigenvalue weighted by Gasteiger charge is -2.23. The van der Waals surface area contributed by atoms with E-state index in [-0.39, 0.29) is 17.0 Å². The van der Waals surface area contributed by atoms with E-state index >= 15 is 0 Å². The number of carbonyl (C=O) groups excluding carboxylic acids is 1. The number of aromatic hydroxyl groups is 1. The van der Waals surface area contributed by atoms with Gasteiger partial charge in [0.2, 0.25) is 0 Å². The Labute approximate surface area is 189 Å². The number of carbonyl (C=O) groups is 1. The van der Waals surface area contributed by atoms with Crippen LogP contribution in [0.2, 0.25) is 0 Å². The van der Waals surface area contributed by atoms with Crippen molar-refractivity contribution in [3.05, 3.63) is 58.8 Å². The van der Waals surface area contributed by atoms with Gasteiger partial charge in [-0.3, -0.25) is 4.79 Å². The highest BCUT2D eigenvalue weighted by molar-refractivity contribution is 6.14. The first-order valence-electron chi connectivity index (χ1n) is 11.2. The van der Waals surface area contributed by atoms with Crippen molar-refractivity contribution in [1.29, 1.82) is 0 Å². The highest BCUT2D eigenvalue weighted by Crippen LogP contribution is 2.45. The van der Waals surface area contributed by atoms with Crippen LogP contribution in [-0.2, 0) is 12.7 Å². The number of aryl methyl sites for hydroxylation is 1. The molecule has 0 radical (unpaired) electrons. The summed E-state index contributed by atoms with van der Waals surface area (Å²) in [5.74, 6) is 1.38. The number of benzene rings is 2. The van der Waals surface area contributed by atoms with Crippen LogP contribution in [0.25, 0.3) is 11.0 Å². The third kappa shape index (κ3) is 4.08. The summed E-state index contributed by atoms with van der Waals surface area (Å²) in [7, 11) is 0. The van der Waals surface area contributed by atoms with E-state index in [1.165, 1.54) is 31.4 Å². The first kappa shape index (κ1) is 21.8. The van der Waals surface area contributed by atoms with Gasteiger partial charge in [-0.05, 0) is 74.4 Å². The second-order valence-electron chi connectivity index (χ2n) is 9.16. The van der Waals surface area contributed by atoms with Crippen molar-refractivity contribution in [2.75, 3.05) is 5.32 Å². The molecule has 2 bridgehead atoms. The van der Waals surface area contributed by atoms with Gasteiger partial charge in [0, 0.05) is 29.2 Å². The summed E-state index contributed by atoms with van der Waals surface area (Å²) in [6, 6.07) is 7.85. The summed E-state index contributed by atoms with van der Waals surface area (Å²) in [5, 5.41) is 17.3. The van der Waals surface area contributed by atoms with E-state index in [9.17, 15) is 23.1 Å². The number of amides is 1. The zero-order valence-corrected chi connectivity index (χ0v) is 18.1. The van der Waals surface area contributed by atoms with Gasteiger partial charge in [0.1, 0.15) is 17.1 Å². The molecule has 5 rings (SSSR count). The molecule has 5 nitrogen and oxygen atoms in total. The molecule has 1 amide bonds. The smallest absolute Gasteiger partial charge is 0.416 e. The molecule has 0 saturated heterocycles. The molecule has 2 saturated carbocycles. The number of anilines is 1. The molecular weight excluding hydrogens is 433 g/mol. The summed E-state index contributed by atoms with van der Waals surface area (Å²) in [6.07, 6.45) is 0.452. The minimum absolute atomic E-state index is 0.0718. The first-order chi connectivity index (χ1) is 15.7. The van der Waals surface area contributed by atoms with Crippen molar-refractivity contribution in [2.45, 2.75) is 51.4 Å². The average Bonchev–Trinajstić information content (AvgIpc) is 3.46. The molecule has 2 aliphatic rings. The van der Waals surface area contributed by atoms with Crippen LogP contribution in [0.1, 0.15) is 52.9 Å². The second-order valence-corrected chi connectivity index (χ2v) is 9.16. The standard InChI is InChI=1S/C25H25F3N2O3/c1-13-22(24(32)30-17-6-4-16(5-7-17)25(26,27)28)23-18(20(31)8-9-21(23)33-13)12-29-19-11-14-2-3-15(19)10-14/h4-9,14-15,19,29,31H,2-3,10-12H2,1H3,(H,30,32). The SMILES string of the molecule is Cc1oc2ccc(O)c(CNC3CC4CCC3C4)c2c1C(=O)Nc1ccc(C(F)(F)F)cc1. The first-order valence-corrected chi connectivity index (χ1v) is 11.2. The highest BCUT2D eigenvalue weighted by Gasteiger charge is 2.39. The topological polar surface area (TPSA) is 74.5 Å². The third-order valence-electron chi connectivity index (χ3n) is 7.09. The summed E-state index contributed by atoms with van der Waals surface area (Å²) >= 11 is 0. The van der Waals surface area contributed by atoms with Crippen LogP contribution in [0, 0.1) is 18.8 Å². The van der Waals surface area contributed by atoms with E-state index in [0.29, 0.717) is 40.8 Å². The van der Waals surface area contributed by atoms with Crippen molar-refractivity contribution in [2.24, 2.45) is 11.8 Å². The Morgan fingerprint density at radius 3 is 2.52 bits per heavy atom. The fourth-order valence-electron chi connectivity index (χ4n) is 5.48. The number of phenolic OH excluding ortho intramolecular Hbond substituents is 1. The van der Waals surface area contributed by atoms with Gasteiger partial charge in [-0.1, -0.05) is 6.42 Å². The van der Waals surface area contributed by atoms with Crippen molar-refractivity contribution in [3.8, 4) is 5.75 Å². The summed E-state index contributed by atoms with van der Waals surface area (Å²) < 4.78 is 44.2. The molecule has 2 fully saturated rings. The van der Waals surface area contributed by atoms with Gasteiger partial charge in [0.25, 0.3) is 5.91 Å². The lowest BCUT2D eigenvalue weighted by Crippen LogP contribution is -2.33. The molecule has 2 aromatic carbocycles. The van der Waals surface area contributed by atoms with Crippen LogP contribution < -0.4 is 10.6 Å². The Kier molecular flexibility index (Phi) is 5.35. The van der Waals surface area contributed by atoms with E-state index in [1.807, 2.05) is 0 Å². The van der Waals surface area contributed by atoms with E-state index in [2.05, 4.69) is 10.6 Å². The number of fused-ring (bicyclic) bond motifs is 3. The van der Waals surface area contributed by atoms with E-state index in [4.69, 9.17) is 4.42 Å². The number of hydrogen-bond acceptors (Lipinski definition) is 4. The zero-order valence-electron chi connectivity index (χ0n) is 18.1. The molecule has 1 aromatic heterocycles. The minimum atomic E-state index is -4.45. The van der Waals surface area contributed by atoms with Crippen molar-refractivity contribution >= 4 is 22.6 Å². The molecule has 8 heteroatoms. The Morgan fingerprint density at radius 1 is 1.12 bits per heavy atom. The molecule has 3 atom stereocenters. The average molecular weight is 458 g/mol. The van der Waals surface area contributed by atoms with Gasteiger partial charge >= 0.3 is 6.18 Å². The Bertz CT molecular complexity index is 1200. The maximum atomic E-state index is 13.1. The summed E-state index contributed by atoms with van der Waals surface area (Å²) in [6.45, 7) is 2.06. The fraction of sp³-hybridized carbons (Fsp3) is 0.400. The van der Waals surface area contributed by atoms with Gasteiger partial charge < -0.3 is 20.2 Å². The Hall–Kier alpha value is -3.00. The molecule has 33 heavy (non-hydrogen) atoms. The zero-order chi connectivity index (χ0) is 23.3. The number of furan rings is 1. The number of phenols is 1. The van der Waals surface area contributed by atoms with Crippen molar-refractivity contribution in [1.82, 2.24) is 5.32 Å². The molecule has 0 spiro atoms. The Morgan fingerprint density at radius 2 is 1.88 bits per heavy atom. The molecule has 3 unspecified atom stereocenters. The van der Waals surface area contributed by atoms with Crippen LogP contribution in [0.5, 0.6) is 5.75 Å². The van der Waals surface area contributed by atoms with Crippen LogP contribution in [0.15, 0.2) is 40.8 Å². The summed E-state index contributed by atoms with van der Waals surface area (Å²) in [5.41, 5.74) is 0.788. The molecule has 174 valence electrons. The number of rotatable bonds is 5. The quantitative estimate of drug-likeness (QED) is 0.439. The minimum Gasteiger partial charge on any atom is -0.508 e. The summed E-state index contributed by atoms with van der Waals surface area (Å²) in [4.78, 5) is 13.1. The van der Waals surface area contributed by atoms with Crippen LogP contribution >= 0.6 is 0 Å². The molecule has 1 heterocycles. The molecule has 3 N–H and O–H groups in total. The molecule has 0 aliphatic heterocycles. The van der Waals surface area contributed by atoms with Gasteiger partial charge in [0.05, 0.1) is 11.1 Å². The molecular formula is C25H25F3N2O3. The predicted octanol–water partition coefficient (Wildman–Crippen LogP) is 6.00. The van der Waals surface area contributed by atoms with E-state index < -0.39 is 17.6 Å². The number of hydrogen-bond donors (Lipinski definition) is 3. The monoisotopic (exact) mass is 458 g/mol. The second kappa shape index (κ2) is 8.09. The van der Waals surface area contributed by atoms with Crippen molar-refractivity contribution < 1.29 is 27.5 Å². The maximum Gasteiger partial charge on any atom is 0.416 e. The van der Waals surface area contributed by atoms with Gasteiger partial charge in [-0.2, -0.15) is 13.2 Å². The maximum absolute atomic E-state index is 13.1. The fourth-order valence-corrected chi connectivity index (χ4v) is 5.48. The highest BCUT2D eigenvalue weighted by atomic mass is 19.4. The van der Waals surface area contributed by atoms with Gasteiger partial charge in [-0.25, -0.2) is 0 Å². The third-order valence-corrected chi connectivity index (χ3v) is 7.09. The lowest BCUT2D eigenvalue weighted by atomic mass is 9.95. The largest absolute Gasteiger partial charge is 0.508 e. The van der Waals surface area contributed by atoms with E-state index in [1.54, 1.807) is 19.1 Å². The normalized spacial score (nSPS) is 22.2. The molecule has 3 aromatic rings. The van der Waals surface area contributed by atoms with Gasteiger partial charge in [0.15, 0.2) is 0 Å². The van der Waals surface area contributed by atoms with E-state index in [0.717, 1.165) is 24.5 Å². The molecule has 2 aliphatic carbocycles. The predicted molar refractivity (Wildman–Crippen MR) is 118 cm³/mol. The van der Waals surface area contributed by atoms with Crippen molar-refractivity contribution in [3.63, 3.8) is 0 Å². The number of alkyl halides is 3. The lowest BCUT2D eigenvalue weighted by molar-refractivity contribution is -0.137. The number of nitrogens with one attached hydrogen (secondary N) is 2. The number of halogens is 3. The van der Waals surface area contributed by atoms with Gasteiger partial charge in [-0.15, -0.1) is 0 Å². The Balaban J connectivity index is 1.42.